The van der Waals surface area contributed by atoms with Gasteiger partial charge in [0.05, 0.1) is 29.2 Å². The lowest BCUT2D eigenvalue weighted by Crippen LogP contribution is -2.23. The second-order valence-corrected chi connectivity index (χ2v) is 4.97. The quantitative estimate of drug-likeness (QED) is 0.893. The second-order valence-electron chi connectivity index (χ2n) is 4.57. The zero-order chi connectivity index (χ0) is 14.0. The van der Waals surface area contributed by atoms with Gasteiger partial charge in [0.15, 0.2) is 0 Å². The van der Waals surface area contributed by atoms with Crippen LogP contribution < -0.4 is 5.32 Å². The maximum absolute atomic E-state index is 12.0. The van der Waals surface area contributed by atoms with Gasteiger partial charge >= 0.3 is 5.97 Å². The number of amides is 1. The van der Waals surface area contributed by atoms with Crippen LogP contribution >= 0.6 is 11.6 Å². The van der Waals surface area contributed by atoms with Crippen molar-refractivity contribution >= 4 is 29.2 Å². The molecule has 1 amide bonds. The molecule has 2 atom stereocenters. The van der Waals surface area contributed by atoms with Crippen molar-refractivity contribution in [3.05, 3.63) is 28.8 Å². The predicted octanol–water partition coefficient (Wildman–Crippen LogP) is 2.40. The van der Waals surface area contributed by atoms with Crippen LogP contribution in [0.4, 0.5) is 5.69 Å². The van der Waals surface area contributed by atoms with E-state index in [0.717, 1.165) is 0 Å². The van der Waals surface area contributed by atoms with Gasteiger partial charge < -0.3 is 15.2 Å². The Labute approximate surface area is 115 Å². The molecular formula is C13H14ClNO4. The SMILES string of the molecule is CC1CC(C(=O)Nc2ccc(Cl)c(C(=O)O)c2)CO1. The Balaban J connectivity index is 2.09. The molecule has 1 aliphatic rings. The van der Waals surface area contributed by atoms with Crippen LogP contribution in [0, 0.1) is 5.92 Å². The van der Waals surface area contributed by atoms with Gasteiger partial charge in [-0.05, 0) is 31.5 Å². The number of benzene rings is 1. The van der Waals surface area contributed by atoms with Gasteiger partial charge in [0.2, 0.25) is 5.91 Å². The molecule has 6 heteroatoms. The van der Waals surface area contributed by atoms with Crippen LogP contribution in [-0.2, 0) is 9.53 Å². The van der Waals surface area contributed by atoms with E-state index in [4.69, 9.17) is 21.4 Å². The standard InChI is InChI=1S/C13H14ClNO4/c1-7-4-8(6-19-7)12(16)15-9-2-3-11(14)10(5-9)13(17)18/h2-3,5,7-8H,4,6H2,1H3,(H,15,16)(H,17,18). The van der Waals surface area contributed by atoms with Crippen LogP contribution in [-0.4, -0.2) is 29.7 Å². The number of aromatic carboxylic acids is 1. The van der Waals surface area contributed by atoms with E-state index in [-0.39, 0.29) is 28.5 Å². The molecule has 1 saturated heterocycles. The van der Waals surface area contributed by atoms with Crippen LogP contribution in [0.3, 0.4) is 0 Å². The van der Waals surface area contributed by atoms with Crippen molar-refractivity contribution in [1.29, 1.82) is 0 Å². The minimum Gasteiger partial charge on any atom is -0.478 e. The molecule has 5 nitrogen and oxygen atoms in total. The number of carbonyl (C=O) groups is 2. The number of hydrogen-bond acceptors (Lipinski definition) is 3. The number of ether oxygens (including phenoxy) is 1. The predicted molar refractivity (Wildman–Crippen MR) is 70.6 cm³/mol. The van der Waals surface area contributed by atoms with Gasteiger partial charge in [0.25, 0.3) is 0 Å². The average molecular weight is 284 g/mol. The van der Waals surface area contributed by atoms with Gasteiger partial charge in [-0.2, -0.15) is 0 Å². The third-order valence-electron chi connectivity index (χ3n) is 3.03. The van der Waals surface area contributed by atoms with Crippen molar-refractivity contribution in [1.82, 2.24) is 0 Å². The number of carboxylic acid groups (broad SMARTS) is 1. The summed E-state index contributed by atoms with van der Waals surface area (Å²) in [6, 6.07) is 4.38. The summed E-state index contributed by atoms with van der Waals surface area (Å²) in [6.07, 6.45) is 0.751. The van der Waals surface area contributed by atoms with Gasteiger partial charge in [-0.25, -0.2) is 4.79 Å². The van der Waals surface area contributed by atoms with E-state index in [9.17, 15) is 9.59 Å². The largest absolute Gasteiger partial charge is 0.478 e. The minimum atomic E-state index is -1.13. The molecule has 0 bridgehead atoms. The molecule has 0 radical (unpaired) electrons. The van der Waals surface area contributed by atoms with Crippen LogP contribution in [0.25, 0.3) is 0 Å². The first kappa shape index (κ1) is 13.8. The van der Waals surface area contributed by atoms with E-state index in [2.05, 4.69) is 5.32 Å². The van der Waals surface area contributed by atoms with Gasteiger partial charge in [0.1, 0.15) is 0 Å². The Morgan fingerprint density at radius 3 is 2.79 bits per heavy atom. The fraction of sp³-hybridized carbons (Fsp3) is 0.385. The average Bonchev–Trinajstić information content (AvgIpc) is 2.78. The molecule has 1 aromatic carbocycles. The summed E-state index contributed by atoms with van der Waals surface area (Å²) in [7, 11) is 0. The molecule has 2 unspecified atom stereocenters. The third-order valence-corrected chi connectivity index (χ3v) is 3.36. The van der Waals surface area contributed by atoms with Crippen LogP contribution in [0.5, 0.6) is 0 Å². The van der Waals surface area contributed by atoms with Crippen molar-refractivity contribution in [2.45, 2.75) is 19.4 Å². The molecular weight excluding hydrogens is 270 g/mol. The molecule has 0 saturated carbocycles. The van der Waals surface area contributed by atoms with E-state index in [1.807, 2.05) is 6.92 Å². The molecule has 1 aliphatic heterocycles. The maximum Gasteiger partial charge on any atom is 0.337 e. The summed E-state index contributed by atoms with van der Waals surface area (Å²) < 4.78 is 5.33. The van der Waals surface area contributed by atoms with E-state index in [0.29, 0.717) is 18.7 Å². The van der Waals surface area contributed by atoms with Crippen molar-refractivity contribution in [2.75, 3.05) is 11.9 Å². The van der Waals surface area contributed by atoms with Gasteiger partial charge in [-0.15, -0.1) is 0 Å². The zero-order valence-electron chi connectivity index (χ0n) is 10.4. The van der Waals surface area contributed by atoms with Crippen molar-refractivity contribution in [3.8, 4) is 0 Å². The summed E-state index contributed by atoms with van der Waals surface area (Å²) in [6.45, 7) is 2.31. The normalized spacial score (nSPS) is 22.2. The number of anilines is 1. The first-order chi connectivity index (χ1) is 8.97. The first-order valence-electron chi connectivity index (χ1n) is 5.92. The number of carbonyl (C=O) groups excluding carboxylic acids is 1. The lowest BCUT2D eigenvalue weighted by Gasteiger charge is -2.10. The lowest BCUT2D eigenvalue weighted by molar-refractivity contribution is -0.119. The molecule has 0 aromatic heterocycles. The fourth-order valence-corrected chi connectivity index (χ4v) is 2.21. The number of carboxylic acids is 1. The Kier molecular flexibility index (Phi) is 4.07. The Morgan fingerprint density at radius 2 is 2.21 bits per heavy atom. The minimum absolute atomic E-state index is 0.0319. The molecule has 0 aliphatic carbocycles. The highest BCUT2D eigenvalue weighted by atomic mass is 35.5. The Bertz CT molecular complexity index is 517. The monoisotopic (exact) mass is 283 g/mol. The summed E-state index contributed by atoms with van der Waals surface area (Å²) in [5, 5.41) is 11.8. The van der Waals surface area contributed by atoms with E-state index < -0.39 is 5.97 Å². The number of rotatable bonds is 3. The molecule has 19 heavy (non-hydrogen) atoms. The molecule has 2 N–H and O–H groups in total. The smallest absolute Gasteiger partial charge is 0.337 e. The highest BCUT2D eigenvalue weighted by Crippen LogP contribution is 2.23. The molecule has 1 fully saturated rings. The number of halogens is 1. The highest BCUT2D eigenvalue weighted by molar-refractivity contribution is 6.33. The lowest BCUT2D eigenvalue weighted by atomic mass is 10.1. The van der Waals surface area contributed by atoms with Gasteiger partial charge in [-0.1, -0.05) is 11.6 Å². The Hall–Kier alpha value is -1.59. The van der Waals surface area contributed by atoms with E-state index >= 15 is 0 Å². The number of hydrogen-bond donors (Lipinski definition) is 2. The van der Waals surface area contributed by atoms with Gasteiger partial charge in [0, 0.05) is 5.69 Å². The first-order valence-corrected chi connectivity index (χ1v) is 6.30. The summed E-state index contributed by atoms with van der Waals surface area (Å²) in [5.41, 5.74) is 0.391. The molecule has 1 aromatic rings. The summed E-state index contributed by atoms with van der Waals surface area (Å²) in [4.78, 5) is 22.9. The van der Waals surface area contributed by atoms with Crippen molar-refractivity contribution in [3.63, 3.8) is 0 Å². The third kappa shape index (κ3) is 3.24. The molecule has 1 heterocycles. The van der Waals surface area contributed by atoms with Crippen LogP contribution in [0.15, 0.2) is 18.2 Å². The molecule has 2 rings (SSSR count). The maximum atomic E-state index is 12.0. The summed E-state index contributed by atoms with van der Waals surface area (Å²) >= 11 is 5.76. The second kappa shape index (κ2) is 5.59. The van der Waals surface area contributed by atoms with Crippen LogP contribution in [0.2, 0.25) is 5.02 Å². The molecule has 0 spiro atoms. The Morgan fingerprint density at radius 1 is 1.47 bits per heavy atom. The topological polar surface area (TPSA) is 75.6 Å². The summed E-state index contributed by atoms with van der Waals surface area (Å²) in [5.74, 6) is -1.49. The van der Waals surface area contributed by atoms with E-state index in [1.54, 1.807) is 6.07 Å². The van der Waals surface area contributed by atoms with E-state index in [1.165, 1.54) is 12.1 Å². The van der Waals surface area contributed by atoms with Crippen LogP contribution in [0.1, 0.15) is 23.7 Å². The van der Waals surface area contributed by atoms with Crippen molar-refractivity contribution in [2.24, 2.45) is 5.92 Å². The fourth-order valence-electron chi connectivity index (χ4n) is 2.01. The van der Waals surface area contributed by atoms with Crippen molar-refractivity contribution < 1.29 is 19.4 Å². The van der Waals surface area contributed by atoms with Gasteiger partial charge in [-0.3, -0.25) is 4.79 Å². The molecule has 102 valence electrons. The zero-order valence-corrected chi connectivity index (χ0v) is 11.1. The number of nitrogens with one attached hydrogen (secondary N) is 1. The highest BCUT2D eigenvalue weighted by Gasteiger charge is 2.28.